The number of amides is 1. The van der Waals surface area contributed by atoms with Crippen molar-refractivity contribution in [3.05, 3.63) is 108 Å². The van der Waals surface area contributed by atoms with Crippen LogP contribution in [0.3, 0.4) is 0 Å². The molecule has 1 heterocycles. The van der Waals surface area contributed by atoms with Crippen molar-refractivity contribution in [1.29, 1.82) is 0 Å². The van der Waals surface area contributed by atoms with E-state index in [1.54, 1.807) is 4.90 Å². The predicted octanol–water partition coefficient (Wildman–Crippen LogP) is 4.77. The molecule has 1 fully saturated rings. The Morgan fingerprint density at radius 2 is 1.38 bits per heavy atom. The third-order valence-corrected chi connectivity index (χ3v) is 7.38. The standard InChI is InChI=1S/C27H31NO3Si/c1-25(2,3)26(22-15-9-5-10-16-22)20-28(24(29)30-19-21-13-7-4-8-14-21)27(26,31-32)23-17-11-6-12-18-23/h4-18H,19-20H2,1-3,32H3. The number of rotatable bonds is 5. The number of benzene rings is 3. The highest BCUT2D eigenvalue weighted by molar-refractivity contribution is 5.99. The Morgan fingerprint density at radius 1 is 0.875 bits per heavy atom. The van der Waals surface area contributed by atoms with Gasteiger partial charge in [-0.1, -0.05) is 112 Å². The van der Waals surface area contributed by atoms with Crippen molar-refractivity contribution in [3.8, 4) is 0 Å². The molecule has 0 N–H and O–H groups in total. The van der Waals surface area contributed by atoms with Crippen LogP contribution in [0.25, 0.3) is 0 Å². The first-order valence-corrected chi connectivity index (χ1v) is 11.8. The van der Waals surface area contributed by atoms with Crippen LogP contribution in [0, 0.1) is 5.41 Å². The second-order valence-corrected chi connectivity index (χ2v) is 9.77. The lowest BCUT2D eigenvalue weighted by molar-refractivity contribution is -0.253. The van der Waals surface area contributed by atoms with Gasteiger partial charge in [0, 0.05) is 12.1 Å². The number of nitrogens with zero attached hydrogens (tertiary/aromatic N) is 1. The van der Waals surface area contributed by atoms with Gasteiger partial charge in [0.15, 0.2) is 5.72 Å². The third kappa shape index (κ3) is 3.36. The Labute approximate surface area is 193 Å². The van der Waals surface area contributed by atoms with Crippen LogP contribution in [0.4, 0.5) is 4.79 Å². The molecular formula is C27H31NO3Si. The molecule has 2 atom stereocenters. The van der Waals surface area contributed by atoms with E-state index in [1.165, 1.54) is 5.56 Å². The van der Waals surface area contributed by atoms with E-state index in [1.807, 2.05) is 54.6 Å². The Bertz CT molecular complexity index is 1050. The lowest BCUT2D eigenvalue weighted by Crippen LogP contribution is -2.80. The topological polar surface area (TPSA) is 38.8 Å². The van der Waals surface area contributed by atoms with Crippen LogP contribution in [0.2, 0.25) is 0 Å². The largest absolute Gasteiger partial charge is 0.444 e. The molecule has 2 unspecified atom stereocenters. The summed E-state index contributed by atoms with van der Waals surface area (Å²) in [6, 6.07) is 30.3. The van der Waals surface area contributed by atoms with E-state index in [2.05, 4.69) is 57.2 Å². The first-order valence-electron chi connectivity index (χ1n) is 11.0. The maximum absolute atomic E-state index is 13.4. The molecule has 0 aliphatic carbocycles. The second kappa shape index (κ2) is 8.56. The van der Waals surface area contributed by atoms with Gasteiger partial charge in [0.2, 0.25) is 0 Å². The molecule has 166 valence electrons. The van der Waals surface area contributed by atoms with E-state index >= 15 is 0 Å². The van der Waals surface area contributed by atoms with E-state index < -0.39 is 11.1 Å². The molecule has 0 saturated carbocycles. The molecule has 1 aliphatic rings. The Balaban J connectivity index is 1.80. The average Bonchev–Trinajstić information content (AvgIpc) is 2.79. The van der Waals surface area contributed by atoms with Gasteiger partial charge in [-0.05, 0) is 16.5 Å². The zero-order chi connectivity index (χ0) is 22.8. The highest BCUT2D eigenvalue weighted by Crippen LogP contribution is 2.63. The van der Waals surface area contributed by atoms with E-state index in [0.29, 0.717) is 17.0 Å². The summed E-state index contributed by atoms with van der Waals surface area (Å²) in [5.74, 6) is 0. The molecule has 3 aromatic carbocycles. The Hall–Kier alpha value is -2.89. The van der Waals surface area contributed by atoms with Gasteiger partial charge in [-0.3, -0.25) is 4.90 Å². The minimum atomic E-state index is -0.937. The van der Waals surface area contributed by atoms with Crippen molar-refractivity contribution < 1.29 is 14.0 Å². The first-order chi connectivity index (χ1) is 15.4. The van der Waals surface area contributed by atoms with Crippen LogP contribution in [0.5, 0.6) is 0 Å². The minimum absolute atomic E-state index is 0.190. The van der Waals surface area contributed by atoms with E-state index in [-0.39, 0.29) is 18.1 Å². The smallest absolute Gasteiger partial charge is 0.412 e. The number of hydrogen-bond acceptors (Lipinski definition) is 3. The van der Waals surface area contributed by atoms with Gasteiger partial charge in [0.25, 0.3) is 0 Å². The molecule has 1 amide bonds. The highest BCUT2D eigenvalue weighted by atomic mass is 28.2. The van der Waals surface area contributed by atoms with Crippen molar-refractivity contribution in [1.82, 2.24) is 4.90 Å². The number of hydrogen-bond donors (Lipinski definition) is 0. The van der Waals surface area contributed by atoms with Gasteiger partial charge in [-0.25, -0.2) is 4.79 Å². The normalized spacial score (nSPS) is 22.9. The van der Waals surface area contributed by atoms with Gasteiger partial charge in [-0.2, -0.15) is 0 Å². The summed E-state index contributed by atoms with van der Waals surface area (Å²) in [6.07, 6.45) is -0.357. The van der Waals surface area contributed by atoms with Crippen LogP contribution in [-0.4, -0.2) is 28.0 Å². The fraction of sp³-hybridized carbons (Fsp3) is 0.296. The van der Waals surface area contributed by atoms with Gasteiger partial charge in [0.1, 0.15) is 17.1 Å². The molecule has 4 nitrogen and oxygen atoms in total. The molecule has 0 radical (unpaired) electrons. The average molecular weight is 446 g/mol. The van der Waals surface area contributed by atoms with Crippen molar-refractivity contribution in [2.75, 3.05) is 6.54 Å². The van der Waals surface area contributed by atoms with Crippen molar-refractivity contribution >= 4 is 16.6 Å². The summed E-state index contributed by atoms with van der Waals surface area (Å²) in [6.45, 7) is 7.43. The Kier molecular flexibility index (Phi) is 5.97. The third-order valence-electron chi connectivity index (χ3n) is 6.79. The molecule has 1 saturated heterocycles. The van der Waals surface area contributed by atoms with Crippen molar-refractivity contribution in [3.63, 3.8) is 0 Å². The lowest BCUT2D eigenvalue weighted by atomic mass is 9.50. The molecule has 4 rings (SSSR count). The number of likely N-dealkylation sites (tertiary alicyclic amines) is 1. The quantitative estimate of drug-likeness (QED) is 0.531. The van der Waals surface area contributed by atoms with Crippen LogP contribution in [-0.2, 0) is 26.9 Å². The summed E-state index contributed by atoms with van der Waals surface area (Å²) in [5, 5.41) is 0. The zero-order valence-corrected chi connectivity index (χ0v) is 21.2. The molecule has 0 aromatic heterocycles. The molecule has 5 heteroatoms. The predicted molar refractivity (Wildman–Crippen MR) is 130 cm³/mol. The van der Waals surface area contributed by atoms with Crippen LogP contribution in [0.1, 0.15) is 37.5 Å². The summed E-state index contributed by atoms with van der Waals surface area (Å²) in [7, 11) is 0.463. The zero-order valence-electron chi connectivity index (χ0n) is 19.2. The fourth-order valence-corrected chi connectivity index (χ4v) is 6.05. The summed E-state index contributed by atoms with van der Waals surface area (Å²) in [5.41, 5.74) is 1.54. The highest BCUT2D eigenvalue weighted by Gasteiger charge is 2.72. The Morgan fingerprint density at radius 3 is 1.88 bits per heavy atom. The van der Waals surface area contributed by atoms with Gasteiger partial charge < -0.3 is 9.16 Å². The second-order valence-electron chi connectivity index (χ2n) is 9.36. The summed E-state index contributed by atoms with van der Waals surface area (Å²) < 4.78 is 12.3. The van der Waals surface area contributed by atoms with Crippen LogP contribution < -0.4 is 0 Å². The maximum Gasteiger partial charge on any atom is 0.412 e. The number of carbonyl (C=O) groups is 1. The van der Waals surface area contributed by atoms with E-state index in [9.17, 15) is 4.79 Å². The summed E-state index contributed by atoms with van der Waals surface area (Å²) in [4.78, 5) is 15.2. The van der Waals surface area contributed by atoms with Gasteiger partial charge in [-0.15, -0.1) is 0 Å². The SMILES string of the molecule is CC(C)(C)C1(c2ccccc2)CN(C(=O)OCc2ccccc2)C1(O[SiH3])c1ccccc1. The first kappa shape index (κ1) is 22.3. The lowest BCUT2D eigenvalue weighted by Gasteiger charge is -2.69. The van der Waals surface area contributed by atoms with Gasteiger partial charge >= 0.3 is 6.09 Å². The fourth-order valence-electron chi connectivity index (χ4n) is 5.24. The minimum Gasteiger partial charge on any atom is -0.444 e. The van der Waals surface area contributed by atoms with Crippen molar-refractivity contribution in [2.24, 2.45) is 5.41 Å². The molecule has 0 spiro atoms. The molecule has 0 bridgehead atoms. The number of ether oxygens (including phenoxy) is 1. The molecular weight excluding hydrogens is 414 g/mol. The molecule has 32 heavy (non-hydrogen) atoms. The monoisotopic (exact) mass is 445 g/mol. The summed E-state index contributed by atoms with van der Waals surface area (Å²) >= 11 is 0. The molecule has 3 aromatic rings. The van der Waals surface area contributed by atoms with Gasteiger partial charge in [0.05, 0.1) is 5.41 Å². The van der Waals surface area contributed by atoms with Crippen LogP contribution >= 0.6 is 0 Å². The van der Waals surface area contributed by atoms with Crippen molar-refractivity contribution in [2.45, 2.75) is 38.5 Å². The van der Waals surface area contributed by atoms with E-state index in [4.69, 9.17) is 9.16 Å². The van der Waals surface area contributed by atoms with E-state index in [0.717, 1.165) is 11.1 Å². The van der Waals surface area contributed by atoms with Crippen LogP contribution in [0.15, 0.2) is 91.0 Å². The maximum atomic E-state index is 13.4. The molecule has 1 aliphatic heterocycles. The number of carbonyl (C=O) groups excluding carboxylic acids is 1.